The quantitative estimate of drug-likeness (QED) is 0.381. The number of carbonyl (C=O) groups is 1. The van der Waals surface area contributed by atoms with Gasteiger partial charge < -0.3 is 10.1 Å². The van der Waals surface area contributed by atoms with Crippen LogP contribution in [0.1, 0.15) is 16.7 Å². The molecule has 4 aromatic rings. The molecular weight excluding hydrogens is 480 g/mol. The number of nitrogens with one attached hydrogen (secondary N) is 1. The van der Waals surface area contributed by atoms with Crippen LogP contribution in [-0.2, 0) is 34.4 Å². The molecule has 0 saturated heterocycles. The molecule has 178 valence electrons. The minimum atomic E-state index is -3.82. The lowest BCUT2D eigenvalue weighted by Crippen LogP contribution is -2.50. The van der Waals surface area contributed by atoms with Crippen molar-refractivity contribution in [1.29, 1.82) is 0 Å². The van der Waals surface area contributed by atoms with Gasteiger partial charge in [-0.05, 0) is 58.8 Å². The van der Waals surface area contributed by atoms with E-state index in [1.807, 2.05) is 54.6 Å². The molecule has 0 saturated carbocycles. The van der Waals surface area contributed by atoms with E-state index < -0.39 is 16.1 Å². The van der Waals surface area contributed by atoms with E-state index in [4.69, 9.17) is 4.74 Å². The molecule has 0 fully saturated rings. The van der Waals surface area contributed by atoms with Crippen LogP contribution in [0.5, 0.6) is 5.75 Å². The maximum atomic E-state index is 13.4. The van der Waals surface area contributed by atoms with Crippen molar-refractivity contribution >= 4 is 33.0 Å². The van der Waals surface area contributed by atoms with Gasteiger partial charge in [0.05, 0.1) is 0 Å². The Labute approximate surface area is 208 Å². The molecule has 1 aliphatic rings. The average Bonchev–Trinajstić information content (AvgIpc) is 3.44. The van der Waals surface area contributed by atoms with Crippen molar-refractivity contribution in [2.24, 2.45) is 0 Å². The Hall–Kier alpha value is -3.46. The fourth-order valence-electron chi connectivity index (χ4n) is 4.10. The molecule has 1 atom stereocenters. The van der Waals surface area contributed by atoms with E-state index in [2.05, 4.69) is 5.32 Å². The first kappa shape index (κ1) is 23.3. The molecule has 1 N–H and O–H groups in total. The summed E-state index contributed by atoms with van der Waals surface area (Å²) < 4.78 is 34.2. The van der Waals surface area contributed by atoms with Crippen LogP contribution in [0.2, 0.25) is 0 Å². The number of thiophene rings is 1. The van der Waals surface area contributed by atoms with Crippen LogP contribution in [0, 0.1) is 0 Å². The van der Waals surface area contributed by atoms with Gasteiger partial charge in [0.2, 0.25) is 5.91 Å². The Morgan fingerprint density at radius 2 is 1.63 bits per heavy atom. The summed E-state index contributed by atoms with van der Waals surface area (Å²) in [5, 5.41) is 4.62. The van der Waals surface area contributed by atoms with Crippen molar-refractivity contribution in [3.8, 4) is 5.75 Å². The maximum Gasteiger partial charge on any atom is 0.253 e. The monoisotopic (exact) mass is 504 g/mol. The highest BCUT2D eigenvalue weighted by atomic mass is 32.2. The van der Waals surface area contributed by atoms with Crippen LogP contribution >= 0.6 is 11.3 Å². The SMILES string of the molecule is O=C(Nc1ccc(OCc2ccccc2)cc1)C1Cc2ccccc2CN1S(=O)(=O)c1cccs1. The molecule has 5 rings (SSSR count). The third kappa shape index (κ3) is 5.14. The van der Waals surface area contributed by atoms with Crippen LogP contribution < -0.4 is 10.1 Å². The second kappa shape index (κ2) is 10.0. The molecule has 0 bridgehead atoms. The van der Waals surface area contributed by atoms with E-state index >= 15 is 0 Å². The van der Waals surface area contributed by atoms with Gasteiger partial charge in [-0.25, -0.2) is 8.42 Å². The minimum Gasteiger partial charge on any atom is -0.489 e. The molecule has 3 aromatic carbocycles. The topological polar surface area (TPSA) is 75.7 Å². The molecule has 0 radical (unpaired) electrons. The smallest absolute Gasteiger partial charge is 0.253 e. The Bertz CT molecular complexity index is 1400. The number of sulfonamides is 1. The lowest BCUT2D eigenvalue weighted by molar-refractivity contribution is -0.120. The Morgan fingerprint density at radius 1 is 0.914 bits per heavy atom. The average molecular weight is 505 g/mol. The predicted octanol–water partition coefficient (Wildman–Crippen LogP) is 5.08. The summed E-state index contributed by atoms with van der Waals surface area (Å²) in [4.78, 5) is 13.4. The Kier molecular flexibility index (Phi) is 6.68. The zero-order valence-corrected chi connectivity index (χ0v) is 20.5. The summed E-state index contributed by atoms with van der Waals surface area (Å²) in [6.07, 6.45) is 0.310. The minimum absolute atomic E-state index is 0.154. The normalized spacial score (nSPS) is 15.8. The van der Waals surface area contributed by atoms with Gasteiger partial charge in [0.15, 0.2) is 0 Å². The largest absolute Gasteiger partial charge is 0.489 e. The van der Waals surface area contributed by atoms with Crippen molar-refractivity contribution in [2.75, 3.05) is 5.32 Å². The second-order valence-electron chi connectivity index (χ2n) is 8.26. The van der Waals surface area contributed by atoms with Crippen LogP contribution in [0.4, 0.5) is 5.69 Å². The van der Waals surface area contributed by atoms with Crippen molar-refractivity contribution in [3.63, 3.8) is 0 Å². The third-order valence-electron chi connectivity index (χ3n) is 5.94. The summed E-state index contributed by atoms with van der Waals surface area (Å²) >= 11 is 1.15. The van der Waals surface area contributed by atoms with Crippen molar-refractivity contribution in [3.05, 3.63) is 113 Å². The van der Waals surface area contributed by atoms with Crippen LogP contribution in [0.25, 0.3) is 0 Å². The number of nitrogens with zero attached hydrogens (tertiary/aromatic N) is 1. The van der Waals surface area contributed by atoms with Gasteiger partial charge in [0.25, 0.3) is 10.0 Å². The number of anilines is 1. The van der Waals surface area contributed by atoms with Gasteiger partial charge in [-0.3, -0.25) is 4.79 Å². The van der Waals surface area contributed by atoms with Crippen LogP contribution in [0.3, 0.4) is 0 Å². The number of fused-ring (bicyclic) bond motifs is 1. The fourth-order valence-corrected chi connectivity index (χ4v) is 6.79. The number of amides is 1. The summed E-state index contributed by atoms with van der Waals surface area (Å²) in [6.45, 7) is 0.602. The number of carbonyl (C=O) groups excluding carboxylic acids is 1. The zero-order chi connectivity index (χ0) is 24.3. The lowest BCUT2D eigenvalue weighted by atomic mass is 9.95. The summed E-state index contributed by atoms with van der Waals surface area (Å²) in [7, 11) is -3.82. The Morgan fingerprint density at radius 3 is 2.34 bits per heavy atom. The van der Waals surface area contributed by atoms with E-state index in [1.165, 1.54) is 4.31 Å². The molecule has 2 heterocycles. The molecule has 1 amide bonds. The standard InChI is InChI=1S/C27H24N2O4S2/c30-27(28-23-12-14-24(15-13-23)33-19-20-7-2-1-3-8-20)25-17-21-9-4-5-10-22(21)18-29(25)35(31,32)26-11-6-16-34-26/h1-16,25H,17-19H2,(H,28,30). The Balaban J connectivity index is 1.33. The van der Waals surface area contributed by atoms with Crippen LogP contribution in [-0.4, -0.2) is 24.7 Å². The first-order valence-electron chi connectivity index (χ1n) is 11.2. The van der Waals surface area contributed by atoms with Gasteiger partial charge in [0, 0.05) is 12.2 Å². The molecule has 6 nitrogen and oxygen atoms in total. The van der Waals surface area contributed by atoms with E-state index in [0.29, 0.717) is 24.5 Å². The molecule has 1 unspecified atom stereocenters. The van der Waals surface area contributed by atoms with E-state index in [9.17, 15) is 13.2 Å². The van der Waals surface area contributed by atoms with E-state index in [0.717, 1.165) is 28.0 Å². The van der Waals surface area contributed by atoms with Crippen molar-refractivity contribution in [2.45, 2.75) is 29.8 Å². The highest BCUT2D eigenvalue weighted by Gasteiger charge is 2.40. The third-order valence-corrected chi connectivity index (χ3v) is 9.16. The molecule has 8 heteroatoms. The van der Waals surface area contributed by atoms with Crippen LogP contribution in [0.15, 0.2) is 101 Å². The molecule has 0 aliphatic carbocycles. The first-order valence-corrected chi connectivity index (χ1v) is 13.5. The molecule has 1 aromatic heterocycles. The van der Waals surface area contributed by atoms with Gasteiger partial charge in [-0.2, -0.15) is 4.31 Å². The number of ether oxygens (including phenoxy) is 1. The summed E-state index contributed by atoms with van der Waals surface area (Å²) in [6, 6.07) is 27.0. The molecule has 1 aliphatic heterocycles. The predicted molar refractivity (Wildman–Crippen MR) is 137 cm³/mol. The van der Waals surface area contributed by atoms with Gasteiger partial charge >= 0.3 is 0 Å². The van der Waals surface area contributed by atoms with E-state index in [1.54, 1.807) is 41.8 Å². The van der Waals surface area contributed by atoms with Crippen molar-refractivity contribution < 1.29 is 17.9 Å². The molecule has 0 spiro atoms. The fraction of sp³-hybridized carbons (Fsp3) is 0.148. The van der Waals surface area contributed by atoms with Crippen molar-refractivity contribution in [1.82, 2.24) is 4.31 Å². The summed E-state index contributed by atoms with van der Waals surface area (Å²) in [5.74, 6) is 0.318. The highest BCUT2D eigenvalue weighted by Crippen LogP contribution is 2.31. The van der Waals surface area contributed by atoms with E-state index in [-0.39, 0.29) is 16.7 Å². The van der Waals surface area contributed by atoms with Gasteiger partial charge in [-0.1, -0.05) is 60.7 Å². The molecular formula is C27H24N2O4S2. The first-order chi connectivity index (χ1) is 17.0. The maximum absolute atomic E-state index is 13.4. The van der Waals surface area contributed by atoms with Gasteiger partial charge in [0.1, 0.15) is 22.6 Å². The number of benzene rings is 3. The summed E-state index contributed by atoms with van der Waals surface area (Å²) in [5.41, 5.74) is 3.54. The number of hydrogen-bond acceptors (Lipinski definition) is 5. The number of hydrogen-bond donors (Lipinski definition) is 1. The highest BCUT2D eigenvalue weighted by molar-refractivity contribution is 7.91. The molecule has 35 heavy (non-hydrogen) atoms. The number of rotatable bonds is 7. The second-order valence-corrected chi connectivity index (χ2v) is 11.3. The lowest BCUT2D eigenvalue weighted by Gasteiger charge is -2.34. The zero-order valence-electron chi connectivity index (χ0n) is 18.8. The van der Waals surface area contributed by atoms with Gasteiger partial charge in [-0.15, -0.1) is 11.3 Å².